The van der Waals surface area contributed by atoms with E-state index in [9.17, 15) is 13.2 Å². The third-order valence-corrected chi connectivity index (χ3v) is 7.93. The fraction of sp³-hybridized carbons (Fsp3) is 0.375. The summed E-state index contributed by atoms with van der Waals surface area (Å²) < 4.78 is 27.8. The zero-order valence-corrected chi connectivity index (χ0v) is 18.9. The molecule has 4 rings (SSSR count). The number of hydrogen-bond acceptors (Lipinski definition) is 3. The number of para-hydroxylation sites is 1. The molecule has 2 heterocycles. The average molecular weight is 440 g/mol. The van der Waals surface area contributed by atoms with Crippen LogP contribution in [-0.4, -0.2) is 54.7 Å². The van der Waals surface area contributed by atoms with Crippen molar-refractivity contribution in [3.63, 3.8) is 0 Å². The van der Waals surface area contributed by atoms with E-state index in [1.807, 2.05) is 61.2 Å². The highest BCUT2D eigenvalue weighted by molar-refractivity contribution is 7.89. The number of hydrogen-bond donors (Lipinski definition) is 1. The van der Waals surface area contributed by atoms with Gasteiger partial charge in [-0.1, -0.05) is 35.9 Å². The van der Waals surface area contributed by atoms with Gasteiger partial charge in [-0.3, -0.25) is 4.79 Å². The monoisotopic (exact) mass is 439 g/mol. The summed E-state index contributed by atoms with van der Waals surface area (Å²) in [5, 5.41) is 1.01. The minimum atomic E-state index is -3.52. The maximum absolute atomic E-state index is 13.1. The van der Waals surface area contributed by atoms with Crippen LogP contribution in [-0.2, 0) is 10.0 Å². The molecule has 1 saturated heterocycles. The lowest BCUT2D eigenvalue weighted by molar-refractivity contribution is 0.0712. The molecule has 1 N–H and O–H groups in total. The lowest BCUT2D eigenvalue weighted by Gasteiger charge is -2.34. The highest BCUT2D eigenvalue weighted by Crippen LogP contribution is 2.25. The summed E-state index contributed by atoms with van der Waals surface area (Å²) in [6.07, 6.45) is 1.71. The van der Waals surface area contributed by atoms with Crippen LogP contribution in [0.3, 0.4) is 0 Å². The first-order valence-corrected chi connectivity index (χ1v) is 12.3. The molecule has 7 heteroatoms. The van der Waals surface area contributed by atoms with Crippen molar-refractivity contribution >= 4 is 26.8 Å². The van der Waals surface area contributed by atoms with E-state index in [1.54, 1.807) is 16.4 Å². The minimum Gasteiger partial charge on any atom is -0.351 e. The standard InChI is InChI=1S/C24H29N3O3S/c1-3-26(24(28)23-15-20-8-4-5-9-22(20)25-23)16-19-7-6-14-27(17-19)31(29,30)21-12-10-18(2)11-13-21/h4-5,8-13,15,19,25H,3,6-7,14,16-17H2,1-2H3. The normalized spacial score (nSPS) is 17.7. The number of aromatic nitrogens is 1. The molecule has 31 heavy (non-hydrogen) atoms. The molecule has 1 fully saturated rings. The Hall–Kier alpha value is -2.64. The molecule has 0 radical (unpaired) electrons. The number of nitrogens with zero attached hydrogens (tertiary/aromatic N) is 2. The topological polar surface area (TPSA) is 73.5 Å². The number of amides is 1. The van der Waals surface area contributed by atoms with Gasteiger partial charge in [0.1, 0.15) is 5.69 Å². The molecule has 0 bridgehead atoms. The van der Waals surface area contributed by atoms with Crippen molar-refractivity contribution in [2.45, 2.75) is 31.6 Å². The van der Waals surface area contributed by atoms with Gasteiger partial charge in [-0.05, 0) is 56.9 Å². The molecule has 0 aliphatic carbocycles. The van der Waals surface area contributed by atoms with E-state index in [2.05, 4.69) is 4.98 Å². The molecule has 1 aliphatic rings. The number of aryl methyl sites for hydroxylation is 1. The molecule has 0 spiro atoms. The Balaban J connectivity index is 1.47. The van der Waals surface area contributed by atoms with Gasteiger partial charge in [0.2, 0.25) is 10.0 Å². The van der Waals surface area contributed by atoms with E-state index >= 15 is 0 Å². The molecule has 1 aliphatic heterocycles. The van der Waals surface area contributed by atoms with Gasteiger partial charge in [-0.25, -0.2) is 8.42 Å². The van der Waals surface area contributed by atoms with Gasteiger partial charge in [0.15, 0.2) is 0 Å². The summed E-state index contributed by atoms with van der Waals surface area (Å²) in [4.78, 5) is 18.5. The highest BCUT2D eigenvalue weighted by Gasteiger charge is 2.31. The number of aromatic amines is 1. The summed E-state index contributed by atoms with van der Waals surface area (Å²) in [6.45, 7) is 5.99. The second kappa shape index (κ2) is 8.85. The first-order valence-electron chi connectivity index (χ1n) is 10.8. The van der Waals surface area contributed by atoms with E-state index in [1.165, 1.54) is 0 Å². The minimum absolute atomic E-state index is 0.0442. The van der Waals surface area contributed by atoms with Crippen molar-refractivity contribution in [3.8, 4) is 0 Å². The molecule has 1 atom stereocenters. The van der Waals surface area contributed by atoms with Gasteiger partial charge >= 0.3 is 0 Å². The van der Waals surface area contributed by atoms with E-state index in [4.69, 9.17) is 0 Å². The maximum Gasteiger partial charge on any atom is 0.270 e. The van der Waals surface area contributed by atoms with Gasteiger partial charge in [0.05, 0.1) is 4.90 Å². The molecule has 1 unspecified atom stereocenters. The van der Waals surface area contributed by atoms with E-state index in [0.29, 0.717) is 36.8 Å². The van der Waals surface area contributed by atoms with Crippen LogP contribution in [0, 0.1) is 12.8 Å². The Kier molecular flexibility index (Phi) is 6.16. The van der Waals surface area contributed by atoms with Crippen molar-refractivity contribution in [2.75, 3.05) is 26.2 Å². The number of rotatable bonds is 6. The quantitative estimate of drug-likeness (QED) is 0.630. The smallest absolute Gasteiger partial charge is 0.270 e. The van der Waals surface area contributed by atoms with Crippen molar-refractivity contribution in [1.82, 2.24) is 14.2 Å². The predicted octanol–water partition coefficient (Wildman–Crippen LogP) is 4.04. The number of fused-ring (bicyclic) bond motifs is 1. The highest BCUT2D eigenvalue weighted by atomic mass is 32.2. The molecule has 6 nitrogen and oxygen atoms in total. The Morgan fingerprint density at radius 1 is 1.16 bits per heavy atom. The van der Waals surface area contributed by atoms with Crippen molar-refractivity contribution in [3.05, 3.63) is 65.9 Å². The van der Waals surface area contributed by atoms with E-state index < -0.39 is 10.0 Å². The van der Waals surface area contributed by atoms with Crippen LogP contribution in [0.1, 0.15) is 35.8 Å². The van der Waals surface area contributed by atoms with Crippen molar-refractivity contribution in [1.29, 1.82) is 0 Å². The summed E-state index contributed by atoms with van der Waals surface area (Å²) in [6, 6.07) is 16.7. The van der Waals surface area contributed by atoms with E-state index in [-0.39, 0.29) is 11.8 Å². The molecular weight excluding hydrogens is 410 g/mol. The van der Waals surface area contributed by atoms with Gasteiger partial charge in [0, 0.05) is 37.1 Å². The number of H-pyrrole nitrogens is 1. The number of benzene rings is 2. The summed E-state index contributed by atoms with van der Waals surface area (Å²) in [5.74, 6) is 0.0690. The Bertz CT molecular complexity index is 1140. The Morgan fingerprint density at radius 2 is 1.90 bits per heavy atom. The summed E-state index contributed by atoms with van der Waals surface area (Å²) in [7, 11) is -3.52. The Morgan fingerprint density at radius 3 is 2.61 bits per heavy atom. The number of sulfonamides is 1. The zero-order chi connectivity index (χ0) is 22.0. The molecule has 164 valence electrons. The second-order valence-electron chi connectivity index (χ2n) is 8.30. The molecule has 2 aromatic carbocycles. The SMILES string of the molecule is CCN(CC1CCCN(S(=O)(=O)c2ccc(C)cc2)C1)C(=O)c1cc2ccccc2[nH]1. The van der Waals surface area contributed by atoms with Gasteiger partial charge < -0.3 is 9.88 Å². The second-order valence-corrected chi connectivity index (χ2v) is 10.2. The van der Waals surface area contributed by atoms with Gasteiger partial charge in [-0.15, -0.1) is 0 Å². The fourth-order valence-electron chi connectivity index (χ4n) is 4.28. The van der Waals surface area contributed by atoms with Crippen LogP contribution < -0.4 is 0 Å². The first kappa shape index (κ1) is 21.6. The summed E-state index contributed by atoms with van der Waals surface area (Å²) >= 11 is 0. The lowest BCUT2D eigenvalue weighted by Crippen LogP contribution is -2.45. The van der Waals surface area contributed by atoms with E-state index in [0.717, 1.165) is 29.3 Å². The number of carbonyl (C=O) groups is 1. The van der Waals surface area contributed by atoms with Crippen LogP contribution in [0.2, 0.25) is 0 Å². The fourth-order valence-corrected chi connectivity index (χ4v) is 5.83. The summed E-state index contributed by atoms with van der Waals surface area (Å²) in [5.41, 5.74) is 2.54. The van der Waals surface area contributed by atoms with Crippen LogP contribution in [0.25, 0.3) is 10.9 Å². The van der Waals surface area contributed by atoms with Gasteiger partial charge in [-0.2, -0.15) is 4.31 Å². The van der Waals surface area contributed by atoms with Crippen LogP contribution in [0.15, 0.2) is 59.5 Å². The van der Waals surface area contributed by atoms with Crippen molar-refractivity contribution < 1.29 is 13.2 Å². The Labute approximate surface area is 183 Å². The van der Waals surface area contributed by atoms with Crippen LogP contribution in [0.4, 0.5) is 0 Å². The number of piperidine rings is 1. The zero-order valence-electron chi connectivity index (χ0n) is 18.0. The van der Waals surface area contributed by atoms with Gasteiger partial charge in [0.25, 0.3) is 5.91 Å². The molecule has 0 saturated carbocycles. The van der Waals surface area contributed by atoms with Crippen molar-refractivity contribution in [2.24, 2.45) is 5.92 Å². The van der Waals surface area contributed by atoms with Crippen LogP contribution >= 0.6 is 0 Å². The average Bonchev–Trinajstić information content (AvgIpc) is 3.22. The maximum atomic E-state index is 13.1. The molecule has 3 aromatic rings. The predicted molar refractivity (Wildman–Crippen MR) is 123 cm³/mol. The lowest BCUT2D eigenvalue weighted by atomic mass is 9.99. The molecule has 1 aromatic heterocycles. The third kappa shape index (κ3) is 4.52. The number of nitrogens with one attached hydrogen (secondary N) is 1. The first-order chi connectivity index (χ1) is 14.9. The largest absolute Gasteiger partial charge is 0.351 e. The third-order valence-electron chi connectivity index (χ3n) is 6.05. The number of carbonyl (C=O) groups excluding carboxylic acids is 1. The molecule has 1 amide bonds. The van der Waals surface area contributed by atoms with Crippen LogP contribution in [0.5, 0.6) is 0 Å². The molecular formula is C24H29N3O3S.